The zero-order valence-electron chi connectivity index (χ0n) is 21.0. The summed E-state index contributed by atoms with van der Waals surface area (Å²) in [6, 6.07) is 15.3. The van der Waals surface area contributed by atoms with Gasteiger partial charge in [0.2, 0.25) is 0 Å². The molecule has 6 rings (SSSR count). The number of benzene rings is 2. The van der Waals surface area contributed by atoms with Crippen molar-refractivity contribution < 1.29 is 24.2 Å². The van der Waals surface area contributed by atoms with Crippen molar-refractivity contribution >= 4 is 40.1 Å². The molecule has 0 unspecified atom stereocenters. The van der Waals surface area contributed by atoms with Crippen LogP contribution < -0.4 is 9.84 Å². The van der Waals surface area contributed by atoms with Gasteiger partial charge >= 0.3 is 5.97 Å². The average Bonchev–Trinajstić information content (AvgIpc) is 3.26. The predicted molar refractivity (Wildman–Crippen MR) is 140 cm³/mol. The standard InChI is InChI=1S/C21H24N2O2.C8H7ClO3/c1-3-21-10-6-11-22-12-9-15-14-7-4-5-8-16(14)23(18(15)19(21)22)17(13-21)20(24)25-2;9-6-1-3-7(4-2-6)12-5-8(10)11/h4-5,7-8,13,19H,3,6,9-12H2,1-2H3;1-4H,5H2,(H,10,11)/p-1/t19-,21+;/m1./s1. The molecule has 2 atom stereocenters. The first-order valence-electron chi connectivity index (χ1n) is 12.6. The van der Waals surface area contributed by atoms with Crippen molar-refractivity contribution in [2.45, 2.75) is 38.6 Å². The third-order valence-electron chi connectivity index (χ3n) is 7.81. The van der Waals surface area contributed by atoms with Crippen molar-refractivity contribution in [3.63, 3.8) is 0 Å². The normalized spacial score (nSPS) is 21.8. The van der Waals surface area contributed by atoms with Crippen molar-refractivity contribution in [3.05, 3.63) is 70.9 Å². The highest BCUT2D eigenvalue weighted by Crippen LogP contribution is 2.57. The molecule has 37 heavy (non-hydrogen) atoms. The number of para-hydroxylation sites is 1. The molecular weight excluding hydrogens is 492 g/mol. The van der Waals surface area contributed by atoms with E-state index in [0.717, 1.165) is 37.9 Å². The molecule has 0 aliphatic carbocycles. The number of nitrogens with zero attached hydrogens (tertiary/aromatic N) is 2. The van der Waals surface area contributed by atoms with Gasteiger partial charge in [0.15, 0.2) is 0 Å². The molecule has 0 N–H and O–H groups in total. The van der Waals surface area contributed by atoms with Crippen LogP contribution in [-0.4, -0.2) is 48.2 Å². The molecule has 0 radical (unpaired) electrons. The molecule has 7 nitrogen and oxygen atoms in total. The lowest BCUT2D eigenvalue weighted by atomic mass is 9.66. The van der Waals surface area contributed by atoms with Crippen molar-refractivity contribution in [3.8, 4) is 5.75 Å². The Morgan fingerprint density at radius 3 is 2.59 bits per heavy atom. The number of rotatable bonds is 5. The molecule has 4 heterocycles. The maximum atomic E-state index is 12.7. The Kier molecular flexibility index (Phi) is 7.01. The van der Waals surface area contributed by atoms with Crippen LogP contribution in [0.2, 0.25) is 5.02 Å². The first-order valence-corrected chi connectivity index (χ1v) is 13.0. The fourth-order valence-electron chi connectivity index (χ4n) is 6.21. The summed E-state index contributed by atoms with van der Waals surface area (Å²) in [5.41, 5.74) is 4.67. The number of piperidine rings is 1. The van der Waals surface area contributed by atoms with E-state index in [1.807, 2.05) is 0 Å². The maximum Gasteiger partial charge on any atom is 0.354 e. The van der Waals surface area contributed by atoms with Crippen LogP contribution in [0.25, 0.3) is 16.6 Å². The summed E-state index contributed by atoms with van der Waals surface area (Å²) in [5, 5.41) is 11.9. The molecule has 3 aliphatic rings. The Morgan fingerprint density at radius 1 is 1.14 bits per heavy atom. The summed E-state index contributed by atoms with van der Waals surface area (Å²) in [5.74, 6) is -1.01. The monoisotopic (exact) mass is 521 g/mol. The molecular formula is C29H30ClN2O5-. The van der Waals surface area contributed by atoms with Gasteiger partial charge in [0.05, 0.1) is 24.6 Å². The lowest BCUT2D eigenvalue weighted by Crippen LogP contribution is -2.51. The Hall–Kier alpha value is -3.29. The smallest absolute Gasteiger partial charge is 0.354 e. The second kappa shape index (κ2) is 10.2. The Labute approximate surface area is 221 Å². The van der Waals surface area contributed by atoms with E-state index in [-0.39, 0.29) is 11.4 Å². The molecule has 2 aromatic carbocycles. The van der Waals surface area contributed by atoms with Gasteiger partial charge in [-0.2, -0.15) is 0 Å². The number of aliphatic carboxylic acids is 1. The first-order chi connectivity index (χ1) is 17.9. The Bertz CT molecular complexity index is 1360. The fourth-order valence-corrected chi connectivity index (χ4v) is 6.33. The number of hydrogen-bond donors (Lipinski definition) is 0. The van der Waals surface area contributed by atoms with E-state index in [1.165, 1.54) is 30.2 Å². The zero-order valence-corrected chi connectivity index (χ0v) is 21.8. The summed E-state index contributed by atoms with van der Waals surface area (Å²) in [7, 11) is 1.49. The van der Waals surface area contributed by atoms with Gasteiger partial charge < -0.3 is 23.9 Å². The minimum absolute atomic E-state index is 0.0430. The quantitative estimate of drug-likeness (QED) is 0.467. The Balaban J connectivity index is 0.000000198. The van der Waals surface area contributed by atoms with Gasteiger partial charge in [-0.3, -0.25) is 4.90 Å². The van der Waals surface area contributed by atoms with Crippen LogP contribution in [0.3, 0.4) is 0 Å². The number of ether oxygens (including phenoxy) is 2. The number of carbonyl (C=O) groups excluding carboxylic acids is 2. The third kappa shape index (κ3) is 4.51. The van der Waals surface area contributed by atoms with Gasteiger partial charge in [-0.1, -0.05) is 36.7 Å². The van der Waals surface area contributed by atoms with Crippen LogP contribution in [0.1, 0.15) is 43.5 Å². The van der Waals surface area contributed by atoms with Gasteiger partial charge in [0.1, 0.15) is 18.1 Å². The van der Waals surface area contributed by atoms with Crippen LogP contribution in [0.5, 0.6) is 5.75 Å². The van der Waals surface area contributed by atoms with E-state index in [2.05, 4.69) is 46.7 Å². The molecule has 0 spiro atoms. The summed E-state index contributed by atoms with van der Waals surface area (Å²) in [6.07, 6.45) is 6.70. The number of esters is 1. The second-order valence-electron chi connectivity index (χ2n) is 9.73. The second-order valence-corrected chi connectivity index (χ2v) is 10.2. The molecule has 0 amide bonds. The van der Waals surface area contributed by atoms with E-state index in [9.17, 15) is 14.7 Å². The fraction of sp³-hybridized carbons (Fsp3) is 0.379. The average molecular weight is 522 g/mol. The highest BCUT2D eigenvalue weighted by molar-refractivity contribution is 6.30. The number of methoxy groups -OCH3 is 1. The van der Waals surface area contributed by atoms with Gasteiger partial charge in [-0.15, -0.1) is 0 Å². The van der Waals surface area contributed by atoms with Crippen LogP contribution in [0.4, 0.5) is 0 Å². The highest BCUT2D eigenvalue weighted by atomic mass is 35.5. The van der Waals surface area contributed by atoms with E-state index < -0.39 is 12.6 Å². The third-order valence-corrected chi connectivity index (χ3v) is 8.07. The molecule has 0 saturated carbocycles. The highest BCUT2D eigenvalue weighted by Gasteiger charge is 2.51. The molecule has 3 aliphatic heterocycles. The largest absolute Gasteiger partial charge is 0.546 e. The predicted octanol–water partition coefficient (Wildman–Crippen LogP) is 4.23. The molecule has 0 bridgehead atoms. The Morgan fingerprint density at radius 2 is 1.89 bits per heavy atom. The lowest BCUT2D eigenvalue weighted by Gasteiger charge is -2.53. The van der Waals surface area contributed by atoms with Crippen molar-refractivity contribution in [1.82, 2.24) is 9.47 Å². The molecule has 3 aromatic rings. The van der Waals surface area contributed by atoms with Crippen LogP contribution in [0, 0.1) is 5.41 Å². The summed E-state index contributed by atoms with van der Waals surface area (Å²) >= 11 is 5.59. The van der Waals surface area contributed by atoms with Crippen molar-refractivity contribution in [2.75, 3.05) is 26.8 Å². The maximum absolute atomic E-state index is 12.7. The van der Waals surface area contributed by atoms with Crippen LogP contribution >= 0.6 is 11.6 Å². The van der Waals surface area contributed by atoms with Crippen molar-refractivity contribution in [1.29, 1.82) is 0 Å². The van der Waals surface area contributed by atoms with Crippen LogP contribution in [-0.2, 0) is 20.7 Å². The summed E-state index contributed by atoms with van der Waals surface area (Å²) in [4.78, 5) is 25.3. The topological polar surface area (TPSA) is 83.8 Å². The number of aromatic nitrogens is 1. The molecule has 1 aromatic heterocycles. The number of hydrogen-bond acceptors (Lipinski definition) is 6. The first kappa shape index (κ1) is 25.4. The van der Waals surface area contributed by atoms with Gasteiger partial charge in [0, 0.05) is 28.1 Å². The lowest BCUT2D eigenvalue weighted by molar-refractivity contribution is -0.307. The summed E-state index contributed by atoms with van der Waals surface area (Å²) < 4.78 is 12.2. The summed E-state index contributed by atoms with van der Waals surface area (Å²) in [6.45, 7) is 4.10. The number of carboxylic acids is 1. The molecule has 8 heteroatoms. The zero-order chi connectivity index (χ0) is 26.2. The number of halogens is 1. The minimum atomic E-state index is -1.25. The van der Waals surface area contributed by atoms with Gasteiger partial charge in [-0.05, 0) is 74.2 Å². The van der Waals surface area contributed by atoms with Gasteiger partial charge in [-0.25, -0.2) is 4.79 Å². The van der Waals surface area contributed by atoms with Gasteiger partial charge in [0.25, 0.3) is 0 Å². The number of carboxylic acid groups (broad SMARTS) is 1. The molecule has 194 valence electrons. The number of carbonyl (C=O) groups is 2. The molecule has 1 saturated heterocycles. The SMILES string of the molecule is CC[C@@]12C=C(C(=O)OC)n3c4c(c5ccccc53)CCN(CCC1)[C@H]42.O=C([O-])COc1ccc(Cl)cc1. The minimum Gasteiger partial charge on any atom is -0.546 e. The van der Waals surface area contributed by atoms with E-state index in [0.29, 0.717) is 22.5 Å². The van der Waals surface area contributed by atoms with E-state index in [1.54, 1.807) is 24.3 Å². The molecule has 1 fully saturated rings. The van der Waals surface area contributed by atoms with E-state index >= 15 is 0 Å². The van der Waals surface area contributed by atoms with E-state index in [4.69, 9.17) is 21.1 Å². The van der Waals surface area contributed by atoms with Crippen molar-refractivity contribution in [2.24, 2.45) is 5.41 Å². The van der Waals surface area contributed by atoms with Crippen LogP contribution in [0.15, 0.2) is 54.6 Å². The number of fused-ring (bicyclic) bond motifs is 3.